The van der Waals surface area contributed by atoms with Crippen molar-refractivity contribution in [3.8, 4) is 17.3 Å². The Morgan fingerprint density at radius 1 is 1.21 bits per heavy atom. The number of aromatic nitrogens is 5. The van der Waals surface area contributed by atoms with Gasteiger partial charge in [-0.1, -0.05) is 25.0 Å². The van der Waals surface area contributed by atoms with Crippen LogP contribution in [-0.4, -0.2) is 31.2 Å². The van der Waals surface area contributed by atoms with Crippen molar-refractivity contribution in [2.24, 2.45) is 5.92 Å². The summed E-state index contributed by atoms with van der Waals surface area (Å²) in [5.74, 6) is 1.16. The highest BCUT2D eigenvalue weighted by Gasteiger charge is 2.20. The van der Waals surface area contributed by atoms with Crippen LogP contribution in [0.1, 0.15) is 44.2 Å². The van der Waals surface area contributed by atoms with E-state index in [9.17, 15) is 4.39 Å². The Balaban J connectivity index is 1.49. The second-order valence-corrected chi connectivity index (χ2v) is 8.45. The minimum atomic E-state index is -0.270. The lowest BCUT2D eigenvalue weighted by Gasteiger charge is -2.17. The number of nitrogens with two attached hydrogens (primary N) is 1. The van der Waals surface area contributed by atoms with E-state index in [-0.39, 0.29) is 17.9 Å². The van der Waals surface area contributed by atoms with Crippen LogP contribution in [0.3, 0.4) is 0 Å². The van der Waals surface area contributed by atoms with E-state index in [1.54, 1.807) is 35.1 Å². The standard InChI is InChI=1S/C24H26FN7O/c1-15(17-7-9-18(25)10-8-17)28-20-13-19(21-22(26)31-32-12-4-11-27-23(21)32)29-24(30-20)33-14-16-5-2-3-6-16/h4,7-13,15-16H,2-3,5-6,14H2,1H3,(H2,26,31)(H,28,29,30)/t15-/m0/s1. The zero-order valence-corrected chi connectivity index (χ0v) is 18.4. The second-order valence-electron chi connectivity index (χ2n) is 8.45. The molecule has 0 spiro atoms. The largest absolute Gasteiger partial charge is 0.463 e. The summed E-state index contributed by atoms with van der Waals surface area (Å²) in [6.45, 7) is 2.57. The quantitative estimate of drug-likeness (QED) is 0.425. The topological polar surface area (TPSA) is 103 Å². The number of anilines is 2. The normalized spacial score (nSPS) is 15.1. The molecule has 3 aromatic heterocycles. The van der Waals surface area contributed by atoms with E-state index in [0.29, 0.717) is 41.1 Å². The fraction of sp³-hybridized carbons (Fsp3) is 0.333. The van der Waals surface area contributed by atoms with Gasteiger partial charge in [0.15, 0.2) is 11.5 Å². The molecule has 8 nitrogen and oxygen atoms in total. The van der Waals surface area contributed by atoms with Crippen LogP contribution in [0.4, 0.5) is 16.0 Å². The lowest BCUT2D eigenvalue weighted by molar-refractivity contribution is 0.234. The van der Waals surface area contributed by atoms with Gasteiger partial charge in [0.05, 0.1) is 17.9 Å². The van der Waals surface area contributed by atoms with E-state index in [2.05, 4.69) is 25.4 Å². The van der Waals surface area contributed by atoms with Gasteiger partial charge in [0.25, 0.3) is 0 Å². The Kier molecular flexibility index (Phi) is 5.77. The maximum atomic E-state index is 13.3. The molecule has 0 saturated heterocycles. The first-order valence-electron chi connectivity index (χ1n) is 11.2. The van der Waals surface area contributed by atoms with Crippen molar-refractivity contribution in [1.82, 2.24) is 24.6 Å². The van der Waals surface area contributed by atoms with Crippen LogP contribution in [0, 0.1) is 11.7 Å². The van der Waals surface area contributed by atoms with Gasteiger partial charge in [0.1, 0.15) is 11.6 Å². The van der Waals surface area contributed by atoms with Crippen molar-refractivity contribution < 1.29 is 9.13 Å². The molecule has 170 valence electrons. The molecule has 0 aliphatic heterocycles. The van der Waals surface area contributed by atoms with Crippen LogP contribution in [0.2, 0.25) is 0 Å². The van der Waals surface area contributed by atoms with Gasteiger partial charge in [0, 0.05) is 24.5 Å². The number of hydrogen-bond acceptors (Lipinski definition) is 7. The van der Waals surface area contributed by atoms with Gasteiger partial charge in [-0.25, -0.2) is 13.9 Å². The number of nitrogens with one attached hydrogen (secondary N) is 1. The minimum Gasteiger partial charge on any atom is -0.463 e. The lowest BCUT2D eigenvalue weighted by atomic mass is 10.1. The zero-order valence-electron chi connectivity index (χ0n) is 18.4. The maximum absolute atomic E-state index is 13.3. The molecule has 3 N–H and O–H groups in total. The average Bonchev–Trinajstić information content (AvgIpc) is 3.44. The summed E-state index contributed by atoms with van der Waals surface area (Å²) in [4.78, 5) is 13.7. The third-order valence-electron chi connectivity index (χ3n) is 6.04. The first-order chi connectivity index (χ1) is 16.1. The number of halogens is 1. The number of benzene rings is 1. The van der Waals surface area contributed by atoms with Crippen LogP contribution in [0.5, 0.6) is 6.01 Å². The van der Waals surface area contributed by atoms with E-state index in [0.717, 1.165) is 18.4 Å². The molecular formula is C24H26FN7O. The van der Waals surface area contributed by atoms with Gasteiger partial charge >= 0.3 is 6.01 Å². The molecule has 0 amide bonds. The molecule has 3 heterocycles. The van der Waals surface area contributed by atoms with Gasteiger partial charge in [-0.3, -0.25) is 0 Å². The van der Waals surface area contributed by atoms with Crippen molar-refractivity contribution >= 4 is 17.3 Å². The predicted octanol–water partition coefficient (Wildman–Crippen LogP) is 4.65. The smallest absolute Gasteiger partial charge is 0.318 e. The summed E-state index contributed by atoms with van der Waals surface area (Å²) in [6.07, 6.45) is 8.28. The molecule has 4 aromatic rings. The Hall–Kier alpha value is -3.75. The molecule has 1 fully saturated rings. The van der Waals surface area contributed by atoms with E-state index in [1.807, 2.05) is 13.0 Å². The first-order valence-corrected chi connectivity index (χ1v) is 11.2. The number of hydrogen-bond donors (Lipinski definition) is 2. The minimum absolute atomic E-state index is 0.115. The SMILES string of the molecule is C[C@H](Nc1cc(-c2c(N)nn3cccnc23)nc(OCC2CCCC2)n1)c1ccc(F)cc1. The Morgan fingerprint density at radius 3 is 2.79 bits per heavy atom. The molecule has 1 aromatic carbocycles. The molecule has 1 saturated carbocycles. The molecule has 0 unspecified atom stereocenters. The molecule has 1 atom stereocenters. The number of fused-ring (bicyclic) bond motifs is 1. The van der Waals surface area contributed by atoms with Crippen LogP contribution in [0.25, 0.3) is 16.9 Å². The Bertz CT molecular complexity index is 1250. The summed E-state index contributed by atoms with van der Waals surface area (Å²) >= 11 is 0. The van der Waals surface area contributed by atoms with Gasteiger partial charge in [-0.05, 0) is 49.4 Å². The van der Waals surface area contributed by atoms with Crippen LogP contribution >= 0.6 is 0 Å². The van der Waals surface area contributed by atoms with E-state index in [1.165, 1.54) is 25.0 Å². The average molecular weight is 448 g/mol. The van der Waals surface area contributed by atoms with Crippen LogP contribution in [-0.2, 0) is 0 Å². The zero-order chi connectivity index (χ0) is 22.8. The molecule has 1 aliphatic carbocycles. The highest BCUT2D eigenvalue weighted by atomic mass is 19.1. The predicted molar refractivity (Wildman–Crippen MR) is 124 cm³/mol. The molecule has 5 rings (SSSR count). The van der Waals surface area contributed by atoms with E-state index < -0.39 is 0 Å². The van der Waals surface area contributed by atoms with Crippen molar-refractivity contribution in [1.29, 1.82) is 0 Å². The van der Waals surface area contributed by atoms with Crippen molar-refractivity contribution in [3.05, 3.63) is 60.2 Å². The third-order valence-corrected chi connectivity index (χ3v) is 6.04. The first kappa shape index (κ1) is 21.1. The maximum Gasteiger partial charge on any atom is 0.318 e. The van der Waals surface area contributed by atoms with E-state index in [4.69, 9.17) is 10.5 Å². The van der Waals surface area contributed by atoms with Gasteiger partial charge in [0.2, 0.25) is 0 Å². The Morgan fingerprint density at radius 2 is 2.00 bits per heavy atom. The van der Waals surface area contributed by atoms with Gasteiger partial charge in [-0.15, -0.1) is 5.10 Å². The summed E-state index contributed by atoms with van der Waals surface area (Å²) in [7, 11) is 0. The van der Waals surface area contributed by atoms with Gasteiger partial charge in [-0.2, -0.15) is 9.97 Å². The molecule has 33 heavy (non-hydrogen) atoms. The molecule has 0 radical (unpaired) electrons. The highest BCUT2D eigenvalue weighted by Crippen LogP contribution is 2.32. The molecule has 1 aliphatic rings. The molecular weight excluding hydrogens is 421 g/mol. The van der Waals surface area contributed by atoms with Crippen molar-refractivity contribution in [2.45, 2.75) is 38.6 Å². The van der Waals surface area contributed by atoms with Crippen molar-refractivity contribution in [3.63, 3.8) is 0 Å². The highest BCUT2D eigenvalue weighted by molar-refractivity contribution is 5.85. The Labute approximate surface area is 191 Å². The number of ether oxygens (including phenoxy) is 1. The number of nitrogens with zero attached hydrogens (tertiary/aromatic N) is 5. The summed E-state index contributed by atoms with van der Waals surface area (Å²) in [6, 6.07) is 10.2. The number of nitrogen functional groups attached to an aromatic ring is 1. The fourth-order valence-corrected chi connectivity index (χ4v) is 4.27. The van der Waals surface area contributed by atoms with Crippen LogP contribution < -0.4 is 15.8 Å². The number of rotatable bonds is 7. The summed E-state index contributed by atoms with van der Waals surface area (Å²) in [5.41, 5.74) is 8.98. The van der Waals surface area contributed by atoms with Crippen LogP contribution in [0.15, 0.2) is 48.8 Å². The molecule has 9 heteroatoms. The van der Waals surface area contributed by atoms with Gasteiger partial charge < -0.3 is 15.8 Å². The van der Waals surface area contributed by atoms with E-state index >= 15 is 0 Å². The third kappa shape index (κ3) is 4.57. The monoisotopic (exact) mass is 447 g/mol. The summed E-state index contributed by atoms with van der Waals surface area (Å²) in [5, 5.41) is 7.72. The van der Waals surface area contributed by atoms with Crippen molar-refractivity contribution in [2.75, 3.05) is 17.7 Å². The lowest BCUT2D eigenvalue weighted by Crippen LogP contribution is -2.13. The summed E-state index contributed by atoms with van der Waals surface area (Å²) < 4.78 is 21.0. The molecule has 0 bridgehead atoms. The second kappa shape index (κ2) is 9.01. The fourth-order valence-electron chi connectivity index (χ4n) is 4.27.